The Balaban J connectivity index is 1.59. The van der Waals surface area contributed by atoms with Crippen molar-refractivity contribution in [3.8, 4) is 0 Å². The maximum absolute atomic E-state index is 5.52. The molecule has 0 radical (unpaired) electrons. The zero-order valence-corrected chi connectivity index (χ0v) is 18.0. The van der Waals surface area contributed by atoms with Crippen molar-refractivity contribution in [2.24, 2.45) is 11.3 Å². The van der Waals surface area contributed by atoms with Gasteiger partial charge in [-0.1, -0.05) is 39.0 Å². The first-order chi connectivity index (χ1) is 13.0. The Bertz CT molecular complexity index is 564. The second kappa shape index (κ2) is 9.43. The molecule has 152 valence electrons. The largest absolute Gasteiger partial charge is 0.380 e. The molecular weight excluding hydrogens is 332 g/mol. The van der Waals surface area contributed by atoms with Gasteiger partial charge in [0.05, 0.1) is 6.61 Å². The Labute approximate surface area is 167 Å². The Morgan fingerprint density at radius 1 is 0.963 bits per heavy atom. The van der Waals surface area contributed by atoms with Crippen molar-refractivity contribution < 1.29 is 4.74 Å². The van der Waals surface area contributed by atoms with Gasteiger partial charge in [-0.3, -0.25) is 4.90 Å². The second-order valence-electron chi connectivity index (χ2n) is 9.50. The summed E-state index contributed by atoms with van der Waals surface area (Å²) in [6.07, 6.45) is 5.47. The minimum atomic E-state index is 0.461. The van der Waals surface area contributed by atoms with Crippen LogP contribution in [-0.2, 0) is 4.74 Å². The van der Waals surface area contributed by atoms with Gasteiger partial charge in [-0.25, -0.2) is 0 Å². The van der Waals surface area contributed by atoms with Crippen LogP contribution in [0.1, 0.15) is 64.9 Å². The predicted octanol–water partition coefficient (Wildman–Crippen LogP) is 5.17. The van der Waals surface area contributed by atoms with E-state index in [0.717, 1.165) is 57.8 Å². The summed E-state index contributed by atoms with van der Waals surface area (Å²) in [6.45, 7) is 16.7. The average molecular weight is 373 g/mol. The quantitative estimate of drug-likeness (QED) is 0.641. The topological polar surface area (TPSA) is 15.7 Å². The molecule has 0 spiro atoms. The normalized spacial score (nSPS) is 25.0. The summed E-state index contributed by atoms with van der Waals surface area (Å²) in [6, 6.07) is 9.23. The summed E-state index contributed by atoms with van der Waals surface area (Å²) < 4.78 is 5.52. The first-order valence-electron chi connectivity index (χ1n) is 11.1. The number of rotatable bonds is 6. The lowest BCUT2D eigenvalue weighted by atomic mass is 9.68. The zero-order chi connectivity index (χ0) is 19.3. The van der Waals surface area contributed by atoms with Gasteiger partial charge in [-0.15, -0.1) is 0 Å². The third-order valence-corrected chi connectivity index (χ3v) is 6.80. The van der Waals surface area contributed by atoms with Crippen molar-refractivity contribution in [3.05, 3.63) is 29.8 Å². The third kappa shape index (κ3) is 5.48. The minimum absolute atomic E-state index is 0.461. The van der Waals surface area contributed by atoms with Gasteiger partial charge in [0.1, 0.15) is 0 Å². The van der Waals surface area contributed by atoms with Gasteiger partial charge in [0.15, 0.2) is 0 Å². The first kappa shape index (κ1) is 20.7. The number of hydrogen-bond donors (Lipinski definition) is 0. The Hall–Kier alpha value is -1.06. The third-order valence-electron chi connectivity index (χ3n) is 6.80. The van der Waals surface area contributed by atoms with Crippen LogP contribution < -0.4 is 4.90 Å². The van der Waals surface area contributed by atoms with E-state index in [-0.39, 0.29) is 0 Å². The predicted molar refractivity (Wildman–Crippen MR) is 116 cm³/mol. The molecule has 2 fully saturated rings. The van der Waals surface area contributed by atoms with Crippen LogP contribution in [0.15, 0.2) is 24.3 Å². The van der Waals surface area contributed by atoms with Crippen LogP contribution in [0.5, 0.6) is 0 Å². The summed E-state index contributed by atoms with van der Waals surface area (Å²) in [5, 5.41) is 0. The molecule has 0 atom stereocenters. The molecule has 0 aromatic heterocycles. The van der Waals surface area contributed by atoms with Crippen molar-refractivity contribution >= 4 is 5.69 Å². The van der Waals surface area contributed by atoms with E-state index >= 15 is 0 Å². The van der Waals surface area contributed by atoms with Gasteiger partial charge in [0.2, 0.25) is 0 Å². The number of nitrogens with zero attached hydrogens (tertiary/aromatic N) is 2. The second-order valence-corrected chi connectivity index (χ2v) is 9.50. The molecule has 0 amide bonds. The molecule has 1 aliphatic heterocycles. The molecule has 2 aliphatic rings. The monoisotopic (exact) mass is 372 g/mol. The summed E-state index contributed by atoms with van der Waals surface area (Å²) in [7, 11) is 0. The maximum Gasteiger partial charge on any atom is 0.0593 e. The van der Waals surface area contributed by atoms with Gasteiger partial charge >= 0.3 is 0 Å². The molecule has 0 bridgehead atoms. The Morgan fingerprint density at radius 2 is 1.63 bits per heavy atom. The molecule has 1 aromatic carbocycles. The van der Waals surface area contributed by atoms with Gasteiger partial charge < -0.3 is 9.64 Å². The minimum Gasteiger partial charge on any atom is -0.380 e. The highest BCUT2D eigenvalue weighted by atomic mass is 16.5. The van der Waals surface area contributed by atoms with Crippen LogP contribution in [0.2, 0.25) is 0 Å². The maximum atomic E-state index is 5.52. The van der Waals surface area contributed by atoms with Crippen molar-refractivity contribution in [1.82, 2.24) is 4.90 Å². The highest BCUT2D eigenvalue weighted by Crippen LogP contribution is 2.45. The number of hydrogen-bond acceptors (Lipinski definition) is 3. The average Bonchev–Trinajstić information content (AvgIpc) is 2.68. The van der Waals surface area contributed by atoms with E-state index in [0.29, 0.717) is 5.41 Å². The van der Waals surface area contributed by atoms with Crippen molar-refractivity contribution in [2.75, 3.05) is 50.8 Å². The molecule has 1 aliphatic carbocycles. The van der Waals surface area contributed by atoms with Crippen LogP contribution in [0, 0.1) is 11.3 Å². The van der Waals surface area contributed by atoms with Gasteiger partial charge in [-0.05, 0) is 61.5 Å². The molecule has 3 nitrogen and oxygen atoms in total. The Kier molecular flexibility index (Phi) is 7.22. The molecule has 27 heavy (non-hydrogen) atoms. The van der Waals surface area contributed by atoms with E-state index in [9.17, 15) is 0 Å². The Morgan fingerprint density at radius 3 is 2.26 bits per heavy atom. The molecule has 1 saturated carbocycles. The summed E-state index contributed by atoms with van der Waals surface area (Å²) in [5.41, 5.74) is 3.57. The van der Waals surface area contributed by atoms with E-state index < -0.39 is 0 Å². The molecule has 3 heteroatoms. The van der Waals surface area contributed by atoms with E-state index in [4.69, 9.17) is 4.74 Å². The fraction of sp³-hybridized carbons (Fsp3) is 0.750. The summed E-state index contributed by atoms with van der Waals surface area (Å²) >= 11 is 0. The molecule has 1 heterocycles. The number of anilines is 1. The number of benzene rings is 1. The highest BCUT2D eigenvalue weighted by Gasteiger charge is 2.31. The highest BCUT2D eigenvalue weighted by molar-refractivity contribution is 5.55. The lowest BCUT2D eigenvalue weighted by Gasteiger charge is -2.40. The standard InChI is InChI=1S/C24H40N2O/c1-5-27-19-18-25-14-16-26(17-15-25)23-9-7-6-8-22(23)20-10-12-21(13-11-20)24(2,3)4/h6-9,20-21H,5,10-19H2,1-4H3. The van der Waals surface area contributed by atoms with Crippen LogP contribution >= 0.6 is 0 Å². The van der Waals surface area contributed by atoms with Crippen molar-refractivity contribution in [1.29, 1.82) is 0 Å². The van der Waals surface area contributed by atoms with Crippen LogP contribution in [0.4, 0.5) is 5.69 Å². The SMILES string of the molecule is CCOCCN1CCN(c2ccccc2C2CCC(C(C)(C)C)CC2)CC1. The van der Waals surface area contributed by atoms with Crippen LogP contribution in [-0.4, -0.2) is 50.8 Å². The van der Waals surface area contributed by atoms with Gasteiger partial charge in [0.25, 0.3) is 0 Å². The molecule has 1 saturated heterocycles. The van der Waals surface area contributed by atoms with E-state index in [1.807, 2.05) is 0 Å². The van der Waals surface area contributed by atoms with Crippen LogP contribution in [0.3, 0.4) is 0 Å². The van der Waals surface area contributed by atoms with E-state index in [1.165, 1.54) is 31.4 Å². The van der Waals surface area contributed by atoms with E-state index in [1.54, 1.807) is 5.56 Å². The van der Waals surface area contributed by atoms with E-state index in [2.05, 4.69) is 61.8 Å². The molecule has 0 unspecified atom stereocenters. The number of para-hydroxylation sites is 1. The first-order valence-corrected chi connectivity index (χ1v) is 11.1. The lowest BCUT2D eigenvalue weighted by Crippen LogP contribution is -2.47. The number of piperazine rings is 1. The summed E-state index contributed by atoms with van der Waals surface area (Å²) in [5.74, 6) is 1.63. The molecular formula is C24H40N2O. The zero-order valence-electron chi connectivity index (χ0n) is 18.0. The lowest BCUT2D eigenvalue weighted by molar-refractivity contribution is 0.111. The molecule has 0 N–H and O–H groups in total. The summed E-state index contributed by atoms with van der Waals surface area (Å²) in [4.78, 5) is 5.17. The fourth-order valence-corrected chi connectivity index (χ4v) is 4.94. The van der Waals surface area contributed by atoms with Crippen molar-refractivity contribution in [2.45, 2.75) is 59.3 Å². The van der Waals surface area contributed by atoms with Crippen molar-refractivity contribution in [3.63, 3.8) is 0 Å². The van der Waals surface area contributed by atoms with Crippen LogP contribution in [0.25, 0.3) is 0 Å². The fourth-order valence-electron chi connectivity index (χ4n) is 4.94. The van der Waals surface area contributed by atoms with Gasteiger partial charge in [0, 0.05) is 45.0 Å². The molecule has 3 rings (SSSR count). The number of ether oxygens (including phenoxy) is 1. The smallest absolute Gasteiger partial charge is 0.0593 e. The van der Waals surface area contributed by atoms with Gasteiger partial charge in [-0.2, -0.15) is 0 Å². The molecule has 1 aromatic rings.